The summed E-state index contributed by atoms with van der Waals surface area (Å²) in [6.07, 6.45) is 1.98. The van der Waals surface area contributed by atoms with E-state index >= 15 is 0 Å². The molecule has 3 N–H and O–H groups in total. The Labute approximate surface area is 99.7 Å². The molecule has 5 nitrogen and oxygen atoms in total. The number of nitrogens with one attached hydrogen (secondary N) is 1. The van der Waals surface area contributed by atoms with Crippen LogP contribution in [0.25, 0.3) is 0 Å². The molecule has 0 aromatic heterocycles. The van der Waals surface area contributed by atoms with Crippen molar-refractivity contribution in [2.75, 3.05) is 32.1 Å². The number of rotatable bonds is 6. The van der Waals surface area contributed by atoms with Crippen LogP contribution in [0.15, 0.2) is 11.0 Å². The molecule has 1 amide bonds. The lowest BCUT2D eigenvalue weighted by atomic mass is 10.2. The molecule has 0 fully saturated rings. The van der Waals surface area contributed by atoms with Gasteiger partial charge in [-0.2, -0.15) is 0 Å². The molecule has 0 aliphatic carbocycles. The van der Waals surface area contributed by atoms with Crippen LogP contribution in [0.5, 0.6) is 0 Å². The van der Waals surface area contributed by atoms with E-state index in [9.17, 15) is 4.79 Å². The summed E-state index contributed by atoms with van der Waals surface area (Å²) in [5, 5.41) is 2.83. The molecule has 16 heavy (non-hydrogen) atoms. The maximum Gasteiger partial charge on any atom is 0.224 e. The van der Waals surface area contributed by atoms with Crippen LogP contribution in [-0.2, 0) is 14.6 Å². The van der Waals surface area contributed by atoms with Crippen molar-refractivity contribution < 1.29 is 14.6 Å². The van der Waals surface area contributed by atoms with E-state index in [0.717, 1.165) is 10.7 Å². The van der Waals surface area contributed by atoms with Crippen LogP contribution < -0.4 is 11.1 Å². The summed E-state index contributed by atoms with van der Waals surface area (Å²) in [7, 11) is 0. The standard InChI is InChI=1S/C10H18N2O3S/c1-8(6-11)10(13)12-3-5-16-9-2-4-14-15-7-9/h2,8H,3-7,11H2,1H3,(H,12,13). The second kappa shape index (κ2) is 7.67. The molecule has 0 aromatic carbocycles. The Morgan fingerprint density at radius 3 is 3.12 bits per heavy atom. The van der Waals surface area contributed by atoms with Crippen LogP contribution in [0.3, 0.4) is 0 Å². The molecular formula is C10H18N2O3S. The third kappa shape index (κ3) is 4.98. The van der Waals surface area contributed by atoms with Crippen LogP contribution in [0.2, 0.25) is 0 Å². The van der Waals surface area contributed by atoms with E-state index in [2.05, 4.69) is 5.32 Å². The highest BCUT2D eigenvalue weighted by Crippen LogP contribution is 2.17. The van der Waals surface area contributed by atoms with E-state index in [4.69, 9.17) is 15.5 Å². The minimum absolute atomic E-state index is 0.0142. The second-order valence-electron chi connectivity index (χ2n) is 3.49. The predicted molar refractivity (Wildman–Crippen MR) is 63.7 cm³/mol. The predicted octanol–water partition coefficient (Wildman–Crippen LogP) is 0.276. The summed E-state index contributed by atoms with van der Waals surface area (Å²) < 4.78 is 0. The lowest BCUT2D eigenvalue weighted by Gasteiger charge is -2.13. The van der Waals surface area contributed by atoms with Crippen molar-refractivity contribution in [3.05, 3.63) is 11.0 Å². The summed E-state index contributed by atoms with van der Waals surface area (Å²) in [5.41, 5.74) is 5.39. The number of hydrogen-bond acceptors (Lipinski definition) is 5. The van der Waals surface area contributed by atoms with Gasteiger partial charge in [0.25, 0.3) is 0 Å². The molecule has 1 heterocycles. The van der Waals surface area contributed by atoms with Crippen molar-refractivity contribution in [2.45, 2.75) is 6.92 Å². The van der Waals surface area contributed by atoms with Crippen LogP contribution in [0.1, 0.15) is 6.92 Å². The fraction of sp³-hybridized carbons (Fsp3) is 0.700. The Kier molecular flexibility index (Phi) is 6.47. The molecule has 1 rings (SSSR count). The van der Waals surface area contributed by atoms with Gasteiger partial charge in [0.05, 0.1) is 0 Å². The first-order valence-corrected chi connectivity index (χ1v) is 6.26. The maximum atomic E-state index is 11.4. The van der Waals surface area contributed by atoms with Gasteiger partial charge in [0.15, 0.2) is 0 Å². The number of amides is 1. The van der Waals surface area contributed by atoms with E-state index in [1.54, 1.807) is 11.8 Å². The Morgan fingerprint density at radius 2 is 2.50 bits per heavy atom. The average molecular weight is 246 g/mol. The third-order valence-electron chi connectivity index (χ3n) is 2.15. The lowest BCUT2D eigenvalue weighted by Crippen LogP contribution is -2.34. The van der Waals surface area contributed by atoms with Crippen LogP contribution in [0.4, 0.5) is 0 Å². The van der Waals surface area contributed by atoms with Crippen LogP contribution >= 0.6 is 11.8 Å². The average Bonchev–Trinajstić information content (AvgIpc) is 2.34. The quantitative estimate of drug-likeness (QED) is 0.520. The Morgan fingerprint density at radius 1 is 1.69 bits per heavy atom. The van der Waals surface area contributed by atoms with E-state index < -0.39 is 0 Å². The fourth-order valence-corrected chi connectivity index (χ4v) is 1.86. The Hall–Kier alpha value is -0.560. The zero-order chi connectivity index (χ0) is 11.8. The van der Waals surface area contributed by atoms with Gasteiger partial charge in [0.1, 0.15) is 13.2 Å². The number of nitrogens with two attached hydrogens (primary N) is 1. The molecule has 1 atom stereocenters. The molecule has 1 aliphatic heterocycles. The van der Waals surface area contributed by atoms with Gasteiger partial charge < -0.3 is 11.1 Å². The summed E-state index contributed by atoms with van der Waals surface area (Å²) in [6, 6.07) is 0. The molecule has 0 saturated heterocycles. The van der Waals surface area contributed by atoms with Crippen LogP contribution in [-0.4, -0.2) is 38.0 Å². The topological polar surface area (TPSA) is 73.6 Å². The molecule has 0 aromatic rings. The van der Waals surface area contributed by atoms with Gasteiger partial charge in [-0.25, -0.2) is 9.78 Å². The smallest absolute Gasteiger partial charge is 0.224 e. The van der Waals surface area contributed by atoms with E-state index in [1.807, 2.05) is 13.0 Å². The summed E-state index contributed by atoms with van der Waals surface area (Å²) in [5.74, 6) is 0.731. The summed E-state index contributed by atoms with van der Waals surface area (Å²) >= 11 is 1.67. The first-order chi connectivity index (χ1) is 7.74. The SMILES string of the molecule is CC(CN)C(=O)NCCSC1=CCOOC1. The number of thioether (sulfide) groups is 1. The van der Waals surface area contributed by atoms with Crippen molar-refractivity contribution in [3.8, 4) is 0 Å². The third-order valence-corrected chi connectivity index (χ3v) is 3.22. The Bertz CT molecular complexity index is 258. The van der Waals surface area contributed by atoms with Crippen molar-refractivity contribution >= 4 is 17.7 Å². The minimum atomic E-state index is -0.115. The van der Waals surface area contributed by atoms with Gasteiger partial charge in [0.2, 0.25) is 5.91 Å². The van der Waals surface area contributed by atoms with Crippen LogP contribution in [0, 0.1) is 5.92 Å². The van der Waals surface area contributed by atoms with Crippen molar-refractivity contribution in [1.29, 1.82) is 0 Å². The highest BCUT2D eigenvalue weighted by molar-refractivity contribution is 8.03. The van der Waals surface area contributed by atoms with Gasteiger partial charge in [-0.3, -0.25) is 4.79 Å². The molecule has 6 heteroatoms. The molecule has 0 saturated carbocycles. The number of carbonyl (C=O) groups excluding carboxylic acids is 1. The zero-order valence-corrected chi connectivity index (χ0v) is 10.2. The summed E-state index contributed by atoms with van der Waals surface area (Å²) in [4.78, 5) is 22.1. The Balaban J connectivity index is 2.07. The zero-order valence-electron chi connectivity index (χ0n) is 9.40. The fourth-order valence-electron chi connectivity index (χ4n) is 1.07. The van der Waals surface area contributed by atoms with Crippen molar-refractivity contribution in [1.82, 2.24) is 5.32 Å². The van der Waals surface area contributed by atoms with E-state index in [0.29, 0.717) is 26.3 Å². The molecule has 92 valence electrons. The highest BCUT2D eigenvalue weighted by atomic mass is 32.2. The number of carbonyl (C=O) groups is 1. The molecule has 0 spiro atoms. The molecule has 0 radical (unpaired) electrons. The maximum absolute atomic E-state index is 11.4. The molecule has 1 unspecified atom stereocenters. The molecule has 1 aliphatic rings. The second-order valence-corrected chi connectivity index (χ2v) is 4.71. The first-order valence-electron chi connectivity index (χ1n) is 5.28. The van der Waals surface area contributed by atoms with Gasteiger partial charge in [-0.15, -0.1) is 11.8 Å². The van der Waals surface area contributed by atoms with Crippen molar-refractivity contribution in [3.63, 3.8) is 0 Å². The normalized spacial score (nSPS) is 17.8. The lowest BCUT2D eigenvalue weighted by molar-refractivity contribution is -0.284. The van der Waals surface area contributed by atoms with Crippen molar-refractivity contribution in [2.24, 2.45) is 11.7 Å². The molecular weight excluding hydrogens is 228 g/mol. The van der Waals surface area contributed by atoms with Gasteiger partial charge >= 0.3 is 0 Å². The van der Waals surface area contributed by atoms with Gasteiger partial charge in [-0.05, 0) is 6.08 Å². The monoisotopic (exact) mass is 246 g/mol. The molecule has 0 bridgehead atoms. The number of hydrogen-bond donors (Lipinski definition) is 2. The van der Waals surface area contributed by atoms with E-state index in [-0.39, 0.29) is 11.8 Å². The largest absolute Gasteiger partial charge is 0.355 e. The summed E-state index contributed by atoms with van der Waals surface area (Å²) in [6.45, 7) is 3.84. The minimum Gasteiger partial charge on any atom is -0.355 e. The van der Waals surface area contributed by atoms with Gasteiger partial charge in [-0.1, -0.05) is 6.92 Å². The first kappa shape index (κ1) is 13.5. The highest BCUT2D eigenvalue weighted by Gasteiger charge is 2.10. The van der Waals surface area contributed by atoms with E-state index in [1.165, 1.54) is 0 Å². The van der Waals surface area contributed by atoms with Gasteiger partial charge in [0, 0.05) is 29.7 Å².